The van der Waals surface area contributed by atoms with Crippen molar-refractivity contribution in [3.8, 4) is 5.75 Å². The van der Waals surface area contributed by atoms with Gasteiger partial charge in [0.2, 0.25) is 0 Å². The van der Waals surface area contributed by atoms with Crippen LogP contribution in [0, 0.1) is 0 Å². The van der Waals surface area contributed by atoms with Gasteiger partial charge in [-0.15, -0.1) is 13.2 Å². The van der Waals surface area contributed by atoms with Gasteiger partial charge in [-0.05, 0) is 25.0 Å². The number of amides is 1. The predicted octanol–water partition coefficient (Wildman–Crippen LogP) is 2.65. The van der Waals surface area contributed by atoms with Gasteiger partial charge in [0.25, 0.3) is 5.91 Å². The van der Waals surface area contributed by atoms with Crippen LogP contribution in [0.15, 0.2) is 36.9 Å². The lowest BCUT2D eigenvalue weighted by Crippen LogP contribution is -2.39. The molecular formula is C15H15F3N4O2. The number of para-hydroxylation sites is 1. The smallest absolute Gasteiger partial charge is 0.405 e. The van der Waals surface area contributed by atoms with Crippen molar-refractivity contribution in [3.05, 3.63) is 42.5 Å². The summed E-state index contributed by atoms with van der Waals surface area (Å²) in [4.78, 5) is 18.0. The van der Waals surface area contributed by atoms with Gasteiger partial charge >= 0.3 is 6.36 Å². The lowest BCUT2D eigenvalue weighted by molar-refractivity contribution is -0.274. The Morgan fingerprint density at radius 3 is 2.54 bits per heavy atom. The van der Waals surface area contributed by atoms with Gasteiger partial charge in [0.05, 0.1) is 11.6 Å². The van der Waals surface area contributed by atoms with E-state index in [1.807, 2.05) is 0 Å². The Balaban J connectivity index is 1.70. The molecule has 0 bridgehead atoms. The van der Waals surface area contributed by atoms with Crippen molar-refractivity contribution in [3.63, 3.8) is 0 Å². The maximum atomic E-state index is 12.5. The van der Waals surface area contributed by atoms with Crippen LogP contribution in [-0.4, -0.2) is 45.0 Å². The van der Waals surface area contributed by atoms with Crippen LogP contribution in [0.4, 0.5) is 13.2 Å². The molecule has 0 saturated carbocycles. The number of piperidine rings is 1. The average molecular weight is 340 g/mol. The summed E-state index contributed by atoms with van der Waals surface area (Å²) in [5.41, 5.74) is -0.0889. The van der Waals surface area contributed by atoms with E-state index in [2.05, 4.69) is 14.8 Å². The molecule has 0 radical (unpaired) electrons. The topological polar surface area (TPSA) is 60.2 Å². The van der Waals surface area contributed by atoms with E-state index < -0.39 is 18.0 Å². The van der Waals surface area contributed by atoms with Gasteiger partial charge in [-0.25, -0.2) is 9.67 Å². The van der Waals surface area contributed by atoms with Crippen LogP contribution in [-0.2, 0) is 0 Å². The van der Waals surface area contributed by atoms with Crippen LogP contribution in [0.3, 0.4) is 0 Å². The van der Waals surface area contributed by atoms with Crippen LogP contribution in [0.25, 0.3) is 0 Å². The molecule has 0 aliphatic carbocycles. The maximum absolute atomic E-state index is 12.5. The van der Waals surface area contributed by atoms with Crippen molar-refractivity contribution >= 4 is 5.91 Å². The Bertz CT molecular complexity index is 695. The second kappa shape index (κ2) is 6.50. The number of alkyl halides is 3. The Morgan fingerprint density at radius 2 is 1.92 bits per heavy atom. The summed E-state index contributed by atoms with van der Waals surface area (Å²) in [7, 11) is 0. The number of hydrogen-bond donors (Lipinski definition) is 0. The van der Waals surface area contributed by atoms with Gasteiger partial charge < -0.3 is 9.64 Å². The zero-order valence-electron chi connectivity index (χ0n) is 12.6. The summed E-state index contributed by atoms with van der Waals surface area (Å²) in [6.45, 7) is 0.868. The number of halogens is 3. The lowest BCUT2D eigenvalue weighted by Gasteiger charge is -2.32. The molecule has 128 valence electrons. The van der Waals surface area contributed by atoms with Crippen LogP contribution in [0.2, 0.25) is 0 Å². The molecule has 1 amide bonds. The van der Waals surface area contributed by atoms with Crippen LogP contribution in [0.5, 0.6) is 5.75 Å². The quantitative estimate of drug-likeness (QED) is 0.862. The number of nitrogens with zero attached hydrogens (tertiary/aromatic N) is 4. The summed E-state index contributed by atoms with van der Waals surface area (Å²) in [6.07, 6.45) is -0.442. The van der Waals surface area contributed by atoms with Crippen molar-refractivity contribution in [1.82, 2.24) is 19.7 Å². The number of ether oxygens (including phenoxy) is 1. The number of carbonyl (C=O) groups excluding carboxylic acids is 1. The molecule has 0 unspecified atom stereocenters. The van der Waals surface area contributed by atoms with Gasteiger partial charge in [0.1, 0.15) is 18.4 Å². The van der Waals surface area contributed by atoms with E-state index in [1.165, 1.54) is 29.4 Å². The lowest BCUT2D eigenvalue weighted by atomic mass is 10.0. The molecule has 1 fully saturated rings. The number of carbonyl (C=O) groups is 1. The molecule has 2 aromatic rings. The molecular weight excluding hydrogens is 325 g/mol. The fourth-order valence-electron chi connectivity index (χ4n) is 2.77. The highest BCUT2D eigenvalue weighted by atomic mass is 19.4. The van der Waals surface area contributed by atoms with Gasteiger partial charge in [-0.2, -0.15) is 5.10 Å². The third-order valence-electron chi connectivity index (χ3n) is 3.91. The molecule has 3 rings (SSSR count). The minimum Gasteiger partial charge on any atom is -0.405 e. The van der Waals surface area contributed by atoms with Crippen molar-refractivity contribution in [1.29, 1.82) is 0 Å². The minimum absolute atomic E-state index is 0.0889. The van der Waals surface area contributed by atoms with Gasteiger partial charge in [-0.1, -0.05) is 12.1 Å². The van der Waals surface area contributed by atoms with Gasteiger partial charge in [-0.3, -0.25) is 4.79 Å². The Hall–Kier alpha value is -2.58. The molecule has 1 aliphatic heterocycles. The largest absolute Gasteiger partial charge is 0.573 e. The summed E-state index contributed by atoms with van der Waals surface area (Å²) >= 11 is 0. The van der Waals surface area contributed by atoms with Crippen molar-refractivity contribution in [2.24, 2.45) is 0 Å². The monoisotopic (exact) mass is 340 g/mol. The molecule has 9 heteroatoms. The highest BCUT2D eigenvalue weighted by Crippen LogP contribution is 2.29. The Morgan fingerprint density at radius 1 is 1.21 bits per heavy atom. The van der Waals surface area contributed by atoms with Crippen LogP contribution < -0.4 is 4.74 Å². The van der Waals surface area contributed by atoms with E-state index in [0.717, 1.165) is 6.07 Å². The average Bonchev–Trinajstić information content (AvgIpc) is 3.08. The van der Waals surface area contributed by atoms with Crippen LogP contribution in [0.1, 0.15) is 29.2 Å². The first-order valence-electron chi connectivity index (χ1n) is 7.42. The van der Waals surface area contributed by atoms with Gasteiger partial charge in [0.15, 0.2) is 0 Å². The molecule has 2 heterocycles. The van der Waals surface area contributed by atoms with Crippen molar-refractivity contribution in [2.45, 2.75) is 25.2 Å². The highest BCUT2D eigenvalue weighted by molar-refractivity contribution is 5.97. The predicted molar refractivity (Wildman–Crippen MR) is 77.3 cm³/mol. The molecule has 1 aliphatic rings. The molecule has 1 aromatic carbocycles. The summed E-state index contributed by atoms with van der Waals surface area (Å²) in [5, 5.41) is 4.08. The molecule has 0 spiro atoms. The molecule has 1 saturated heterocycles. The first kappa shape index (κ1) is 16.3. The highest BCUT2D eigenvalue weighted by Gasteiger charge is 2.34. The zero-order valence-corrected chi connectivity index (χ0v) is 12.6. The van der Waals surface area contributed by atoms with Crippen LogP contribution >= 0.6 is 0 Å². The second-order valence-corrected chi connectivity index (χ2v) is 5.44. The normalized spacial score (nSPS) is 16.2. The second-order valence-electron chi connectivity index (χ2n) is 5.44. The number of benzene rings is 1. The Labute approximate surface area is 135 Å². The molecule has 24 heavy (non-hydrogen) atoms. The van der Waals surface area contributed by atoms with E-state index in [9.17, 15) is 18.0 Å². The zero-order chi connectivity index (χ0) is 17.2. The number of hydrogen-bond acceptors (Lipinski definition) is 4. The number of aromatic nitrogens is 3. The van der Waals surface area contributed by atoms with Crippen molar-refractivity contribution < 1.29 is 22.7 Å². The van der Waals surface area contributed by atoms with E-state index in [-0.39, 0.29) is 11.6 Å². The first-order chi connectivity index (χ1) is 11.4. The molecule has 0 atom stereocenters. The summed E-state index contributed by atoms with van der Waals surface area (Å²) < 4.78 is 43.1. The molecule has 1 aromatic heterocycles. The van der Waals surface area contributed by atoms with E-state index in [0.29, 0.717) is 25.9 Å². The number of likely N-dealkylation sites (tertiary alicyclic amines) is 1. The fraction of sp³-hybridized carbons (Fsp3) is 0.400. The SMILES string of the molecule is O=C(c1ccccc1OC(F)(F)F)N1CCC(n2cncn2)CC1. The minimum atomic E-state index is -4.84. The third-order valence-corrected chi connectivity index (χ3v) is 3.91. The maximum Gasteiger partial charge on any atom is 0.573 e. The first-order valence-corrected chi connectivity index (χ1v) is 7.42. The molecule has 0 N–H and O–H groups in total. The van der Waals surface area contributed by atoms with Crippen molar-refractivity contribution in [2.75, 3.05) is 13.1 Å². The van der Waals surface area contributed by atoms with E-state index >= 15 is 0 Å². The third kappa shape index (κ3) is 3.66. The molecule has 6 nitrogen and oxygen atoms in total. The van der Waals surface area contributed by atoms with E-state index in [4.69, 9.17) is 0 Å². The summed E-state index contributed by atoms with van der Waals surface area (Å²) in [5.74, 6) is -0.944. The number of rotatable bonds is 3. The Kier molecular flexibility index (Phi) is 4.41. The van der Waals surface area contributed by atoms with E-state index in [1.54, 1.807) is 11.0 Å². The summed E-state index contributed by atoms with van der Waals surface area (Å²) in [6, 6.07) is 5.53. The standard InChI is InChI=1S/C15H15F3N4O2/c16-15(17,18)24-13-4-2-1-3-12(13)14(23)21-7-5-11(6-8-21)22-10-19-9-20-22/h1-4,9-11H,5-8H2. The van der Waals surface area contributed by atoms with Gasteiger partial charge in [0, 0.05) is 13.1 Å². The fourth-order valence-corrected chi connectivity index (χ4v) is 2.77.